The van der Waals surface area contributed by atoms with Crippen molar-refractivity contribution in [1.82, 2.24) is 10.2 Å². The topological polar surface area (TPSA) is 51.8 Å². The molecule has 0 aliphatic heterocycles. The average molecular weight is 197 g/mol. The van der Waals surface area contributed by atoms with Crippen molar-refractivity contribution in [3.8, 4) is 0 Å². The van der Waals surface area contributed by atoms with E-state index in [2.05, 4.69) is 10.2 Å². The third-order valence-corrected chi connectivity index (χ3v) is 3.66. The van der Waals surface area contributed by atoms with Crippen molar-refractivity contribution in [3.05, 3.63) is 10.0 Å². The highest BCUT2D eigenvalue weighted by molar-refractivity contribution is 7.11. The van der Waals surface area contributed by atoms with Crippen LogP contribution in [-0.4, -0.2) is 16.2 Å². The molecule has 2 rings (SSSR count). The minimum absolute atomic E-state index is 0.422. The Morgan fingerprint density at radius 1 is 1.23 bits per heavy atom. The second-order valence-electron chi connectivity index (χ2n) is 3.77. The Balaban J connectivity index is 2.02. The van der Waals surface area contributed by atoms with Crippen LogP contribution in [0.2, 0.25) is 0 Å². The predicted octanol–water partition coefficient (Wildman–Crippen LogP) is 1.83. The highest BCUT2D eigenvalue weighted by Crippen LogP contribution is 2.33. The van der Waals surface area contributed by atoms with E-state index in [0.29, 0.717) is 12.0 Å². The zero-order valence-corrected chi connectivity index (χ0v) is 8.68. The molecule has 1 fully saturated rings. The van der Waals surface area contributed by atoms with Crippen molar-refractivity contribution in [3.63, 3.8) is 0 Å². The zero-order chi connectivity index (χ0) is 9.26. The molecule has 0 radical (unpaired) electrons. The lowest BCUT2D eigenvalue weighted by molar-refractivity contribution is 0.393. The molecule has 13 heavy (non-hydrogen) atoms. The SMILES string of the molecule is Cc1nnc([C@H]2CC[C@H](N)CC2)s1. The van der Waals surface area contributed by atoms with Gasteiger partial charge in [0.15, 0.2) is 0 Å². The van der Waals surface area contributed by atoms with Gasteiger partial charge >= 0.3 is 0 Å². The molecule has 4 heteroatoms. The lowest BCUT2D eigenvalue weighted by atomic mass is 9.87. The van der Waals surface area contributed by atoms with Crippen LogP contribution < -0.4 is 5.73 Å². The standard InChI is InChI=1S/C9H15N3S/c1-6-11-12-9(13-6)7-2-4-8(10)5-3-7/h7-8H,2-5,10H2,1H3/t7-,8-. The molecule has 2 N–H and O–H groups in total. The Bertz CT molecular complexity index is 276. The third kappa shape index (κ3) is 2.06. The summed E-state index contributed by atoms with van der Waals surface area (Å²) in [5.74, 6) is 0.631. The molecule has 1 saturated carbocycles. The number of nitrogens with zero attached hydrogens (tertiary/aromatic N) is 2. The van der Waals surface area contributed by atoms with Gasteiger partial charge < -0.3 is 5.73 Å². The molecule has 0 unspecified atom stereocenters. The summed E-state index contributed by atoms with van der Waals surface area (Å²) in [7, 11) is 0. The minimum Gasteiger partial charge on any atom is -0.328 e. The Labute approximate surface area is 82.4 Å². The van der Waals surface area contributed by atoms with E-state index in [0.717, 1.165) is 17.8 Å². The van der Waals surface area contributed by atoms with Crippen LogP contribution in [0, 0.1) is 6.92 Å². The number of hydrogen-bond acceptors (Lipinski definition) is 4. The van der Waals surface area contributed by atoms with Gasteiger partial charge in [0.1, 0.15) is 10.0 Å². The quantitative estimate of drug-likeness (QED) is 0.747. The van der Waals surface area contributed by atoms with Crippen LogP contribution in [0.5, 0.6) is 0 Å². The second-order valence-corrected chi connectivity index (χ2v) is 4.98. The van der Waals surface area contributed by atoms with Crippen molar-refractivity contribution >= 4 is 11.3 Å². The molecule has 1 heterocycles. The lowest BCUT2D eigenvalue weighted by Gasteiger charge is -2.23. The van der Waals surface area contributed by atoms with E-state index in [4.69, 9.17) is 5.73 Å². The van der Waals surface area contributed by atoms with Crippen LogP contribution in [0.25, 0.3) is 0 Å². The number of aryl methyl sites for hydroxylation is 1. The van der Waals surface area contributed by atoms with E-state index >= 15 is 0 Å². The summed E-state index contributed by atoms with van der Waals surface area (Å²) in [4.78, 5) is 0. The maximum Gasteiger partial charge on any atom is 0.120 e. The third-order valence-electron chi connectivity index (χ3n) is 2.66. The van der Waals surface area contributed by atoms with Crippen LogP contribution >= 0.6 is 11.3 Å². The van der Waals surface area contributed by atoms with E-state index in [1.165, 1.54) is 17.8 Å². The molecule has 1 aliphatic rings. The molecule has 0 bridgehead atoms. The summed E-state index contributed by atoms with van der Waals surface area (Å²) in [6.07, 6.45) is 4.66. The second kappa shape index (κ2) is 3.72. The summed E-state index contributed by atoms with van der Waals surface area (Å²) in [5.41, 5.74) is 5.85. The monoisotopic (exact) mass is 197 g/mol. The average Bonchev–Trinajstić information content (AvgIpc) is 2.53. The van der Waals surface area contributed by atoms with E-state index in [-0.39, 0.29) is 0 Å². The van der Waals surface area contributed by atoms with Gasteiger partial charge in [0, 0.05) is 12.0 Å². The van der Waals surface area contributed by atoms with Gasteiger partial charge in [0.25, 0.3) is 0 Å². The van der Waals surface area contributed by atoms with E-state index in [9.17, 15) is 0 Å². The molecular weight excluding hydrogens is 182 g/mol. The molecule has 1 aromatic rings. The fourth-order valence-electron chi connectivity index (χ4n) is 1.84. The van der Waals surface area contributed by atoms with Gasteiger partial charge in [-0.2, -0.15) is 0 Å². The van der Waals surface area contributed by atoms with Gasteiger partial charge in [-0.25, -0.2) is 0 Å². The number of hydrogen-bond donors (Lipinski definition) is 1. The molecule has 3 nitrogen and oxygen atoms in total. The molecule has 1 aromatic heterocycles. The summed E-state index contributed by atoms with van der Waals surface area (Å²) >= 11 is 1.73. The van der Waals surface area contributed by atoms with Crippen LogP contribution in [-0.2, 0) is 0 Å². The lowest BCUT2D eigenvalue weighted by Crippen LogP contribution is -2.25. The summed E-state index contributed by atoms with van der Waals surface area (Å²) < 4.78 is 0. The van der Waals surface area contributed by atoms with Gasteiger partial charge in [-0.1, -0.05) is 0 Å². The highest BCUT2D eigenvalue weighted by atomic mass is 32.1. The summed E-state index contributed by atoms with van der Waals surface area (Å²) in [5, 5.41) is 10.5. The fourth-order valence-corrected chi connectivity index (χ4v) is 2.71. The fraction of sp³-hybridized carbons (Fsp3) is 0.778. The molecular formula is C9H15N3S. The first-order valence-corrected chi connectivity index (χ1v) is 5.63. The van der Waals surface area contributed by atoms with E-state index in [1.54, 1.807) is 11.3 Å². The molecule has 1 aliphatic carbocycles. The van der Waals surface area contributed by atoms with Gasteiger partial charge in [0.05, 0.1) is 0 Å². The molecule has 0 saturated heterocycles. The van der Waals surface area contributed by atoms with Crippen LogP contribution in [0.4, 0.5) is 0 Å². The first-order valence-electron chi connectivity index (χ1n) is 4.81. The Hall–Kier alpha value is -0.480. The number of aromatic nitrogens is 2. The summed E-state index contributed by atoms with van der Waals surface area (Å²) in [6.45, 7) is 2.01. The van der Waals surface area contributed by atoms with Gasteiger partial charge in [-0.05, 0) is 32.6 Å². The highest BCUT2D eigenvalue weighted by Gasteiger charge is 2.22. The largest absolute Gasteiger partial charge is 0.328 e. The van der Waals surface area contributed by atoms with Gasteiger partial charge in [-0.3, -0.25) is 0 Å². The Morgan fingerprint density at radius 2 is 1.92 bits per heavy atom. The van der Waals surface area contributed by atoms with E-state index < -0.39 is 0 Å². The smallest absolute Gasteiger partial charge is 0.120 e. The van der Waals surface area contributed by atoms with Crippen molar-refractivity contribution in [2.45, 2.75) is 44.6 Å². The van der Waals surface area contributed by atoms with Gasteiger partial charge in [0.2, 0.25) is 0 Å². The molecule has 0 atom stereocenters. The number of nitrogens with two attached hydrogens (primary N) is 1. The maximum atomic E-state index is 5.85. The van der Waals surface area contributed by atoms with Gasteiger partial charge in [-0.15, -0.1) is 21.5 Å². The predicted molar refractivity (Wildman–Crippen MR) is 53.8 cm³/mol. The van der Waals surface area contributed by atoms with Crippen LogP contribution in [0.1, 0.15) is 41.6 Å². The van der Waals surface area contributed by atoms with Crippen molar-refractivity contribution in [2.75, 3.05) is 0 Å². The van der Waals surface area contributed by atoms with Crippen LogP contribution in [0.3, 0.4) is 0 Å². The molecule has 0 aromatic carbocycles. The zero-order valence-electron chi connectivity index (χ0n) is 7.86. The Morgan fingerprint density at radius 3 is 2.46 bits per heavy atom. The van der Waals surface area contributed by atoms with Crippen molar-refractivity contribution in [2.24, 2.45) is 5.73 Å². The normalized spacial score (nSPS) is 29.1. The number of rotatable bonds is 1. The Kier molecular flexibility index (Phi) is 2.60. The molecule has 72 valence electrons. The van der Waals surface area contributed by atoms with Crippen LogP contribution in [0.15, 0.2) is 0 Å². The first kappa shape index (κ1) is 9.09. The molecule has 0 amide bonds. The maximum absolute atomic E-state index is 5.85. The van der Waals surface area contributed by atoms with E-state index in [1.807, 2.05) is 6.92 Å². The molecule has 0 spiro atoms. The van der Waals surface area contributed by atoms with Crippen molar-refractivity contribution < 1.29 is 0 Å². The first-order chi connectivity index (χ1) is 6.25. The minimum atomic E-state index is 0.422. The summed E-state index contributed by atoms with van der Waals surface area (Å²) in [6, 6.07) is 0.422. The van der Waals surface area contributed by atoms with Crippen molar-refractivity contribution in [1.29, 1.82) is 0 Å².